The number of amides is 3. The van der Waals surface area contributed by atoms with Gasteiger partial charge in [0.1, 0.15) is 18.1 Å². The van der Waals surface area contributed by atoms with E-state index in [-0.39, 0.29) is 24.7 Å². The molecule has 0 aliphatic rings. The summed E-state index contributed by atoms with van der Waals surface area (Å²) in [5.74, 6) is -0.936. The number of nitrogens with zero attached hydrogens (tertiary/aromatic N) is 2. The standard InChI is InChI=1S/C25H27F2N3O3/c1-3-13-29(25(32)28-20-10-12-22(26)23(27)14-20)17-24(31)30(15-19-7-5-4-6-8-19)16-21-11-9-18(2)33-21/h4-12,14H,3,13,15-17H2,1-2H3,(H,28,32). The quantitative estimate of drug-likeness (QED) is 0.474. The van der Waals surface area contributed by atoms with Gasteiger partial charge in [-0.3, -0.25) is 4.79 Å². The molecule has 0 bridgehead atoms. The van der Waals surface area contributed by atoms with Gasteiger partial charge >= 0.3 is 6.03 Å². The Morgan fingerprint density at radius 3 is 2.33 bits per heavy atom. The highest BCUT2D eigenvalue weighted by atomic mass is 19.2. The van der Waals surface area contributed by atoms with Gasteiger partial charge in [0.05, 0.1) is 6.54 Å². The van der Waals surface area contributed by atoms with Crippen molar-refractivity contribution in [1.82, 2.24) is 9.80 Å². The minimum absolute atomic E-state index is 0.111. The van der Waals surface area contributed by atoms with E-state index in [9.17, 15) is 18.4 Å². The molecule has 0 aliphatic carbocycles. The molecule has 1 heterocycles. The van der Waals surface area contributed by atoms with Gasteiger partial charge in [-0.05, 0) is 43.2 Å². The molecule has 0 radical (unpaired) electrons. The summed E-state index contributed by atoms with van der Waals surface area (Å²) >= 11 is 0. The summed E-state index contributed by atoms with van der Waals surface area (Å²) in [5, 5.41) is 2.53. The van der Waals surface area contributed by atoms with Crippen LogP contribution in [0, 0.1) is 18.6 Å². The predicted molar refractivity (Wildman–Crippen MR) is 121 cm³/mol. The highest BCUT2D eigenvalue weighted by Gasteiger charge is 2.22. The van der Waals surface area contributed by atoms with E-state index in [0.717, 1.165) is 23.5 Å². The SMILES string of the molecule is CCCN(CC(=O)N(Cc1ccccc1)Cc1ccc(C)o1)C(=O)Nc1ccc(F)c(F)c1. The van der Waals surface area contributed by atoms with Gasteiger partial charge in [0, 0.05) is 24.8 Å². The summed E-state index contributed by atoms with van der Waals surface area (Å²) in [6, 6.07) is 15.7. The molecule has 1 aromatic heterocycles. The lowest BCUT2D eigenvalue weighted by Gasteiger charge is -2.27. The van der Waals surface area contributed by atoms with Gasteiger partial charge in [-0.2, -0.15) is 0 Å². The van der Waals surface area contributed by atoms with Crippen molar-refractivity contribution >= 4 is 17.6 Å². The molecule has 3 aromatic rings. The van der Waals surface area contributed by atoms with E-state index in [0.29, 0.717) is 25.3 Å². The first-order valence-corrected chi connectivity index (χ1v) is 10.7. The second kappa shape index (κ2) is 11.3. The van der Waals surface area contributed by atoms with Crippen LogP contribution in [0.1, 0.15) is 30.4 Å². The van der Waals surface area contributed by atoms with Crippen LogP contribution in [-0.4, -0.2) is 34.8 Å². The fraction of sp³-hybridized carbons (Fsp3) is 0.280. The first-order valence-electron chi connectivity index (χ1n) is 10.7. The molecular weight excluding hydrogens is 428 g/mol. The minimum Gasteiger partial charge on any atom is -0.464 e. The molecule has 1 N–H and O–H groups in total. The summed E-state index contributed by atoms with van der Waals surface area (Å²) in [6.45, 7) is 4.47. The lowest BCUT2D eigenvalue weighted by molar-refractivity contribution is -0.133. The first kappa shape index (κ1) is 24.0. The number of hydrogen-bond acceptors (Lipinski definition) is 3. The highest BCUT2D eigenvalue weighted by molar-refractivity contribution is 5.92. The molecule has 0 unspecified atom stereocenters. The number of urea groups is 1. The van der Waals surface area contributed by atoms with Gasteiger partial charge < -0.3 is 19.5 Å². The molecule has 174 valence electrons. The van der Waals surface area contributed by atoms with Crippen LogP contribution in [0.5, 0.6) is 0 Å². The largest absolute Gasteiger partial charge is 0.464 e. The van der Waals surface area contributed by atoms with Gasteiger partial charge in [0.15, 0.2) is 11.6 Å². The third kappa shape index (κ3) is 6.90. The van der Waals surface area contributed by atoms with E-state index in [1.165, 1.54) is 11.0 Å². The number of aryl methyl sites for hydroxylation is 1. The Bertz CT molecular complexity index is 1090. The number of furan rings is 1. The maximum Gasteiger partial charge on any atom is 0.322 e. The van der Waals surface area contributed by atoms with Crippen LogP contribution in [0.4, 0.5) is 19.3 Å². The minimum atomic E-state index is -1.06. The van der Waals surface area contributed by atoms with Gasteiger partial charge in [0.25, 0.3) is 0 Å². The number of carbonyl (C=O) groups excluding carboxylic acids is 2. The number of hydrogen-bond donors (Lipinski definition) is 1. The van der Waals surface area contributed by atoms with Gasteiger partial charge in [-0.25, -0.2) is 13.6 Å². The second-order valence-electron chi connectivity index (χ2n) is 7.73. The third-order valence-electron chi connectivity index (χ3n) is 4.99. The van der Waals surface area contributed by atoms with Crippen molar-refractivity contribution in [3.63, 3.8) is 0 Å². The third-order valence-corrected chi connectivity index (χ3v) is 4.99. The smallest absolute Gasteiger partial charge is 0.322 e. The average molecular weight is 456 g/mol. The first-order chi connectivity index (χ1) is 15.9. The van der Waals surface area contributed by atoms with E-state index in [4.69, 9.17) is 4.42 Å². The van der Waals surface area contributed by atoms with Gasteiger partial charge in [-0.1, -0.05) is 37.3 Å². The maximum atomic E-state index is 13.5. The fourth-order valence-corrected chi connectivity index (χ4v) is 3.36. The molecular formula is C25H27F2N3O3. The molecule has 6 nitrogen and oxygen atoms in total. The molecule has 2 aromatic carbocycles. The van der Waals surface area contributed by atoms with Crippen LogP contribution in [0.3, 0.4) is 0 Å². The van der Waals surface area contributed by atoms with Gasteiger partial charge in [-0.15, -0.1) is 0 Å². The highest BCUT2D eigenvalue weighted by Crippen LogP contribution is 2.16. The molecule has 0 saturated carbocycles. The van der Waals surface area contributed by atoms with E-state index in [1.807, 2.05) is 56.3 Å². The van der Waals surface area contributed by atoms with Crippen LogP contribution in [0.2, 0.25) is 0 Å². The Kier molecular flexibility index (Phi) is 8.18. The number of benzene rings is 2. The van der Waals surface area contributed by atoms with Crippen LogP contribution in [0.25, 0.3) is 0 Å². The lowest BCUT2D eigenvalue weighted by Crippen LogP contribution is -2.44. The Balaban J connectivity index is 1.74. The van der Waals surface area contributed by atoms with Crippen molar-refractivity contribution < 1.29 is 22.8 Å². The summed E-state index contributed by atoms with van der Waals surface area (Å²) in [5.41, 5.74) is 1.06. The zero-order valence-electron chi connectivity index (χ0n) is 18.7. The average Bonchev–Trinajstić information content (AvgIpc) is 3.20. The Morgan fingerprint density at radius 1 is 0.939 bits per heavy atom. The molecule has 0 spiro atoms. The number of carbonyl (C=O) groups is 2. The van der Waals surface area contributed by atoms with Gasteiger partial charge in [0.2, 0.25) is 5.91 Å². The number of anilines is 1. The Morgan fingerprint density at radius 2 is 1.70 bits per heavy atom. The van der Waals surface area contributed by atoms with E-state index >= 15 is 0 Å². The summed E-state index contributed by atoms with van der Waals surface area (Å²) in [4.78, 5) is 29.0. The van der Waals surface area contributed by atoms with E-state index in [1.54, 1.807) is 4.90 Å². The normalized spacial score (nSPS) is 10.7. The van der Waals surface area contributed by atoms with E-state index < -0.39 is 17.7 Å². The van der Waals surface area contributed by atoms with Crippen LogP contribution >= 0.6 is 0 Å². The Labute approximate surface area is 191 Å². The van der Waals surface area contributed by atoms with Crippen molar-refractivity contribution in [1.29, 1.82) is 0 Å². The molecule has 0 aliphatic heterocycles. The molecule has 0 fully saturated rings. The van der Waals surface area contributed by atoms with Crippen LogP contribution in [-0.2, 0) is 17.9 Å². The molecule has 3 amide bonds. The number of rotatable bonds is 9. The molecule has 33 heavy (non-hydrogen) atoms. The topological polar surface area (TPSA) is 65.8 Å². The Hall–Kier alpha value is -3.68. The summed E-state index contributed by atoms with van der Waals surface area (Å²) in [6.07, 6.45) is 0.620. The van der Waals surface area contributed by atoms with Crippen LogP contribution in [0.15, 0.2) is 65.1 Å². The summed E-state index contributed by atoms with van der Waals surface area (Å²) in [7, 11) is 0. The monoisotopic (exact) mass is 455 g/mol. The molecule has 8 heteroatoms. The molecule has 3 rings (SSSR count). The predicted octanol–water partition coefficient (Wildman–Crippen LogP) is 5.34. The maximum absolute atomic E-state index is 13.5. The number of nitrogens with one attached hydrogen (secondary N) is 1. The fourth-order valence-electron chi connectivity index (χ4n) is 3.36. The summed E-state index contributed by atoms with van der Waals surface area (Å²) < 4.78 is 32.3. The van der Waals surface area contributed by atoms with Crippen molar-refractivity contribution in [2.45, 2.75) is 33.4 Å². The van der Waals surface area contributed by atoms with E-state index in [2.05, 4.69) is 5.32 Å². The zero-order chi connectivity index (χ0) is 23.8. The number of halogens is 2. The zero-order valence-corrected chi connectivity index (χ0v) is 18.7. The molecule has 0 atom stereocenters. The van der Waals surface area contributed by atoms with Crippen molar-refractivity contribution in [2.24, 2.45) is 0 Å². The lowest BCUT2D eigenvalue weighted by atomic mass is 10.2. The van der Waals surface area contributed by atoms with Crippen molar-refractivity contribution in [2.75, 3.05) is 18.4 Å². The van der Waals surface area contributed by atoms with Crippen LogP contribution < -0.4 is 5.32 Å². The second-order valence-corrected chi connectivity index (χ2v) is 7.73. The van der Waals surface area contributed by atoms with Crippen molar-refractivity contribution in [3.8, 4) is 0 Å². The molecule has 0 saturated heterocycles. The van der Waals surface area contributed by atoms with Crippen molar-refractivity contribution in [3.05, 3.63) is 89.4 Å².